The van der Waals surface area contributed by atoms with Crippen molar-refractivity contribution in [2.24, 2.45) is 0 Å². The van der Waals surface area contributed by atoms with Crippen LogP contribution in [0.3, 0.4) is 0 Å². The maximum Gasteiger partial charge on any atom is 0.307 e. The summed E-state index contributed by atoms with van der Waals surface area (Å²) < 4.78 is 0. The molecule has 0 fully saturated rings. The Bertz CT molecular complexity index is 549. The summed E-state index contributed by atoms with van der Waals surface area (Å²) in [6, 6.07) is 18.4. The van der Waals surface area contributed by atoms with E-state index >= 15 is 0 Å². The van der Waals surface area contributed by atoms with Crippen LogP contribution in [0.15, 0.2) is 59.5 Å². The molecule has 0 unspecified atom stereocenters. The number of hydrogen-bond donors (Lipinski definition) is 1. The van der Waals surface area contributed by atoms with E-state index in [9.17, 15) is 4.79 Å². The summed E-state index contributed by atoms with van der Waals surface area (Å²) in [6.45, 7) is 0. The summed E-state index contributed by atoms with van der Waals surface area (Å²) in [4.78, 5) is 11.8. The standard InChI is InChI=1S/C18H20O2S/c19-18(20)14-16-9-11-17(12-10-16)21-13-5-4-8-15-6-2-1-3-7-15/h1-3,6-7,9-12H,4-5,8,13-14H2,(H,19,20). The number of carboxylic acids is 1. The van der Waals surface area contributed by atoms with Crippen molar-refractivity contribution in [1.29, 1.82) is 0 Å². The average molecular weight is 300 g/mol. The maximum absolute atomic E-state index is 10.6. The van der Waals surface area contributed by atoms with Gasteiger partial charge < -0.3 is 5.11 Å². The highest BCUT2D eigenvalue weighted by Crippen LogP contribution is 2.20. The van der Waals surface area contributed by atoms with Crippen LogP contribution in [0.2, 0.25) is 0 Å². The predicted molar refractivity (Wildman–Crippen MR) is 87.9 cm³/mol. The normalized spacial score (nSPS) is 10.5. The number of carbonyl (C=O) groups is 1. The van der Waals surface area contributed by atoms with Crippen LogP contribution in [-0.4, -0.2) is 16.8 Å². The maximum atomic E-state index is 10.6. The summed E-state index contributed by atoms with van der Waals surface area (Å²) in [6.07, 6.45) is 3.63. The zero-order chi connectivity index (χ0) is 14.9. The van der Waals surface area contributed by atoms with Crippen LogP contribution in [0, 0.1) is 0 Å². The van der Waals surface area contributed by atoms with E-state index in [2.05, 4.69) is 24.3 Å². The van der Waals surface area contributed by atoms with Crippen LogP contribution in [0.5, 0.6) is 0 Å². The Labute approximate surface area is 130 Å². The zero-order valence-corrected chi connectivity index (χ0v) is 12.8. The van der Waals surface area contributed by atoms with Gasteiger partial charge in [0, 0.05) is 4.90 Å². The Morgan fingerprint density at radius 3 is 2.29 bits per heavy atom. The fourth-order valence-corrected chi connectivity index (χ4v) is 3.06. The van der Waals surface area contributed by atoms with Crippen molar-refractivity contribution < 1.29 is 9.90 Å². The van der Waals surface area contributed by atoms with E-state index in [1.165, 1.54) is 23.3 Å². The van der Waals surface area contributed by atoms with Gasteiger partial charge in [0.2, 0.25) is 0 Å². The van der Waals surface area contributed by atoms with Crippen LogP contribution < -0.4 is 0 Å². The summed E-state index contributed by atoms with van der Waals surface area (Å²) in [5.41, 5.74) is 2.26. The molecular formula is C18H20O2S. The van der Waals surface area contributed by atoms with Gasteiger partial charge in [0.25, 0.3) is 0 Å². The molecule has 0 aliphatic heterocycles. The van der Waals surface area contributed by atoms with Gasteiger partial charge in [-0.3, -0.25) is 4.79 Å². The zero-order valence-electron chi connectivity index (χ0n) is 12.0. The third-order valence-electron chi connectivity index (χ3n) is 3.25. The molecule has 21 heavy (non-hydrogen) atoms. The first-order chi connectivity index (χ1) is 10.2. The minimum Gasteiger partial charge on any atom is -0.481 e. The van der Waals surface area contributed by atoms with E-state index in [-0.39, 0.29) is 6.42 Å². The van der Waals surface area contributed by atoms with Crippen molar-refractivity contribution in [3.8, 4) is 0 Å². The summed E-state index contributed by atoms with van der Waals surface area (Å²) in [5.74, 6) is 0.321. The Morgan fingerprint density at radius 1 is 0.905 bits per heavy atom. The number of unbranched alkanes of at least 4 members (excludes halogenated alkanes) is 1. The highest BCUT2D eigenvalue weighted by atomic mass is 32.2. The monoisotopic (exact) mass is 300 g/mol. The van der Waals surface area contributed by atoms with E-state index in [0.29, 0.717) is 0 Å². The number of hydrogen-bond acceptors (Lipinski definition) is 2. The number of benzene rings is 2. The third-order valence-corrected chi connectivity index (χ3v) is 4.35. The van der Waals surface area contributed by atoms with Gasteiger partial charge in [-0.05, 0) is 48.3 Å². The van der Waals surface area contributed by atoms with Gasteiger partial charge in [0.05, 0.1) is 6.42 Å². The highest BCUT2D eigenvalue weighted by Gasteiger charge is 2.00. The first-order valence-corrected chi connectivity index (χ1v) is 8.20. The minimum atomic E-state index is -0.781. The molecule has 0 aliphatic rings. The first-order valence-electron chi connectivity index (χ1n) is 7.21. The summed E-state index contributed by atoms with van der Waals surface area (Å²) in [5, 5.41) is 8.73. The largest absolute Gasteiger partial charge is 0.481 e. The molecule has 1 N–H and O–H groups in total. The van der Waals surface area contributed by atoms with Gasteiger partial charge >= 0.3 is 5.97 Å². The van der Waals surface area contributed by atoms with Gasteiger partial charge in [-0.15, -0.1) is 11.8 Å². The van der Waals surface area contributed by atoms with Crippen LogP contribution in [0.25, 0.3) is 0 Å². The number of carboxylic acid groups (broad SMARTS) is 1. The van der Waals surface area contributed by atoms with Crippen molar-refractivity contribution in [1.82, 2.24) is 0 Å². The predicted octanol–water partition coefficient (Wildman–Crippen LogP) is 4.43. The highest BCUT2D eigenvalue weighted by molar-refractivity contribution is 7.99. The van der Waals surface area contributed by atoms with Gasteiger partial charge in [-0.25, -0.2) is 0 Å². The molecule has 0 saturated carbocycles. The summed E-state index contributed by atoms with van der Waals surface area (Å²) in [7, 11) is 0. The second kappa shape index (κ2) is 8.53. The number of aliphatic carboxylic acids is 1. The quantitative estimate of drug-likeness (QED) is 0.579. The molecule has 0 spiro atoms. The Balaban J connectivity index is 1.65. The third kappa shape index (κ3) is 6.05. The smallest absolute Gasteiger partial charge is 0.307 e. The van der Waals surface area contributed by atoms with Gasteiger partial charge in [-0.1, -0.05) is 42.5 Å². The molecule has 2 rings (SSSR count). The Morgan fingerprint density at radius 2 is 1.62 bits per heavy atom. The molecule has 0 aliphatic carbocycles. The molecule has 0 heterocycles. The molecule has 2 nitrogen and oxygen atoms in total. The fraction of sp³-hybridized carbons (Fsp3) is 0.278. The molecule has 0 saturated heterocycles. The lowest BCUT2D eigenvalue weighted by Crippen LogP contribution is -1.99. The second-order valence-corrected chi connectivity index (χ2v) is 6.17. The number of rotatable bonds is 8. The van der Waals surface area contributed by atoms with Crippen molar-refractivity contribution >= 4 is 17.7 Å². The molecule has 0 atom stereocenters. The Kier molecular flexibility index (Phi) is 6.35. The van der Waals surface area contributed by atoms with E-state index in [4.69, 9.17) is 5.11 Å². The van der Waals surface area contributed by atoms with Crippen molar-refractivity contribution in [3.05, 3.63) is 65.7 Å². The topological polar surface area (TPSA) is 37.3 Å². The number of aryl methyl sites for hydroxylation is 1. The fourth-order valence-electron chi connectivity index (χ4n) is 2.14. The molecular weight excluding hydrogens is 280 g/mol. The molecule has 2 aromatic rings. The molecule has 3 heteroatoms. The van der Waals surface area contributed by atoms with E-state index in [0.717, 1.165) is 17.7 Å². The average Bonchev–Trinajstić information content (AvgIpc) is 2.49. The van der Waals surface area contributed by atoms with Gasteiger partial charge in [0.1, 0.15) is 0 Å². The minimum absolute atomic E-state index is 0.0992. The lowest BCUT2D eigenvalue weighted by molar-refractivity contribution is -0.136. The van der Waals surface area contributed by atoms with E-state index in [1.54, 1.807) is 0 Å². The van der Waals surface area contributed by atoms with Crippen LogP contribution in [0.1, 0.15) is 24.0 Å². The lowest BCUT2D eigenvalue weighted by atomic mass is 10.1. The van der Waals surface area contributed by atoms with Gasteiger partial charge in [-0.2, -0.15) is 0 Å². The van der Waals surface area contributed by atoms with Crippen molar-refractivity contribution in [2.45, 2.75) is 30.6 Å². The molecule has 110 valence electrons. The van der Waals surface area contributed by atoms with Crippen LogP contribution in [0.4, 0.5) is 0 Å². The van der Waals surface area contributed by atoms with Crippen molar-refractivity contribution in [2.75, 3.05) is 5.75 Å². The molecule has 2 aromatic carbocycles. The van der Waals surface area contributed by atoms with E-state index in [1.807, 2.05) is 42.1 Å². The van der Waals surface area contributed by atoms with E-state index < -0.39 is 5.97 Å². The van der Waals surface area contributed by atoms with Crippen molar-refractivity contribution in [3.63, 3.8) is 0 Å². The summed E-state index contributed by atoms with van der Waals surface area (Å²) >= 11 is 1.84. The van der Waals surface area contributed by atoms with Crippen LogP contribution in [-0.2, 0) is 17.6 Å². The lowest BCUT2D eigenvalue weighted by Gasteiger charge is -2.04. The SMILES string of the molecule is O=C(O)Cc1ccc(SCCCCc2ccccc2)cc1. The molecule has 0 amide bonds. The Hall–Kier alpha value is -1.74. The first kappa shape index (κ1) is 15.6. The molecule has 0 radical (unpaired) electrons. The van der Waals surface area contributed by atoms with Crippen LogP contribution >= 0.6 is 11.8 Å². The van der Waals surface area contributed by atoms with Gasteiger partial charge in [0.15, 0.2) is 0 Å². The second-order valence-electron chi connectivity index (χ2n) is 5.01. The molecule has 0 aromatic heterocycles. The number of thioether (sulfide) groups is 1. The molecule has 0 bridgehead atoms.